The van der Waals surface area contributed by atoms with Crippen LogP contribution in [0.15, 0.2) is 47.4 Å². The normalized spacial score (nSPS) is 15.8. The molecule has 2 aromatic carbocycles. The van der Waals surface area contributed by atoms with Gasteiger partial charge in [-0.3, -0.25) is 4.79 Å². The van der Waals surface area contributed by atoms with Crippen molar-refractivity contribution in [2.75, 3.05) is 0 Å². The molecule has 1 aliphatic heterocycles. The van der Waals surface area contributed by atoms with E-state index in [1.807, 2.05) is 0 Å². The van der Waals surface area contributed by atoms with E-state index >= 15 is 0 Å². The van der Waals surface area contributed by atoms with Crippen molar-refractivity contribution in [2.24, 2.45) is 0 Å². The molecule has 2 aromatic rings. The zero-order valence-electron chi connectivity index (χ0n) is 14.9. The molecule has 0 amide bonds. The summed E-state index contributed by atoms with van der Waals surface area (Å²) in [6.45, 7) is 5.53. The van der Waals surface area contributed by atoms with Crippen LogP contribution in [0, 0.1) is 0 Å². The maximum absolute atomic E-state index is 12.5. The highest BCUT2D eigenvalue weighted by molar-refractivity contribution is 7.89. The molecule has 3 rings (SSSR count). The van der Waals surface area contributed by atoms with E-state index < -0.39 is 15.8 Å². The fourth-order valence-electron chi connectivity index (χ4n) is 2.60. The summed E-state index contributed by atoms with van der Waals surface area (Å²) in [7, 11) is -3.68. The smallest absolute Gasteiger partial charge is 0.240 e. The first-order valence-electron chi connectivity index (χ1n) is 8.22. The van der Waals surface area contributed by atoms with Crippen molar-refractivity contribution in [3.8, 4) is 5.75 Å². The molecule has 26 heavy (non-hydrogen) atoms. The predicted octanol–water partition coefficient (Wildman–Crippen LogP) is 3.01. The van der Waals surface area contributed by atoms with Gasteiger partial charge >= 0.3 is 0 Å². The fraction of sp³-hybridized carbons (Fsp3) is 0.316. The molecule has 7 heteroatoms. The lowest BCUT2D eigenvalue weighted by Crippen LogP contribution is -2.35. The van der Waals surface area contributed by atoms with Gasteiger partial charge < -0.3 is 9.47 Å². The largest absolute Gasteiger partial charge is 0.463 e. The van der Waals surface area contributed by atoms with Gasteiger partial charge in [0.25, 0.3) is 0 Å². The molecule has 0 unspecified atom stereocenters. The summed E-state index contributed by atoms with van der Waals surface area (Å²) < 4.78 is 38.9. The summed E-state index contributed by atoms with van der Waals surface area (Å²) in [6.07, 6.45) is 0. The molecular weight excluding hydrogens is 354 g/mol. The van der Waals surface area contributed by atoms with Gasteiger partial charge in [0, 0.05) is 31.5 Å². The highest BCUT2D eigenvalue weighted by Gasteiger charge is 2.28. The van der Waals surface area contributed by atoms with Crippen LogP contribution in [0.2, 0.25) is 0 Å². The third kappa shape index (κ3) is 4.12. The lowest BCUT2D eigenvalue weighted by Gasteiger charge is -2.32. The van der Waals surface area contributed by atoms with Crippen molar-refractivity contribution in [3.63, 3.8) is 0 Å². The lowest BCUT2D eigenvalue weighted by molar-refractivity contribution is -0.180. The van der Waals surface area contributed by atoms with Crippen LogP contribution in [0.1, 0.15) is 42.3 Å². The minimum absolute atomic E-state index is 0.0289. The van der Waals surface area contributed by atoms with E-state index in [1.54, 1.807) is 50.2 Å². The molecule has 138 valence electrons. The molecule has 1 aliphatic rings. The molecule has 0 spiro atoms. The summed E-state index contributed by atoms with van der Waals surface area (Å²) in [4.78, 5) is 11.4. The number of carbonyl (C=O) groups is 1. The Bertz CT molecular complexity index is 933. The van der Waals surface area contributed by atoms with E-state index in [4.69, 9.17) is 9.47 Å². The highest BCUT2D eigenvalue weighted by Crippen LogP contribution is 2.32. The number of sulfonamides is 1. The molecule has 0 saturated heterocycles. The van der Waals surface area contributed by atoms with E-state index in [9.17, 15) is 13.2 Å². The zero-order chi connectivity index (χ0) is 18.9. The number of rotatable bonds is 5. The van der Waals surface area contributed by atoms with Gasteiger partial charge in [-0.2, -0.15) is 0 Å². The molecular formula is C19H21NO5S. The third-order valence-corrected chi connectivity index (χ3v) is 5.50. The number of hydrogen-bond donors (Lipinski definition) is 1. The van der Waals surface area contributed by atoms with Crippen LogP contribution in [0.4, 0.5) is 0 Å². The predicted molar refractivity (Wildman–Crippen MR) is 96.4 cm³/mol. The van der Waals surface area contributed by atoms with Gasteiger partial charge in [0.15, 0.2) is 5.78 Å². The number of fused-ring (bicyclic) bond motifs is 1. The van der Waals surface area contributed by atoms with E-state index in [2.05, 4.69) is 4.72 Å². The van der Waals surface area contributed by atoms with Gasteiger partial charge in [-0.05, 0) is 30.7 Å². The fourth-order valence-corrected chi connectivity index (χ4v) is 3.67. The molecule has 1 N–H and O–H groups in total. The standard InChI is InChI=1S/C19H21NO5S/c1-13(21)15-6-4-14(5-7-15)11-20-26(22,23)17-8-9-18-16(10-17)12-24-19(2,3)25-18/h4-10,20H,11-12H2,1-3H3. The van der Waals surface area contributed by atoms with Crippen LogP contribution in [-0.4, -0.2) is 20.0 Å². The van der Waals surface area contributed by atoms with Crippen LogP contribution >= 0.6 is 0 Å². The van der Waals surface area contributed by atoms with Crippen molar-refractivity contribution in [3.05, 3.63) is 59.2 Å². The van der Waals surface area contributed by atoms with Crippen molar-refractivity contribution in [1.82, 2.24) is 4.72 Å². The molecule has 0 saturated carbocycles. The topological polar surface area (TPSA) is 81.7 Å². The average Bonchev–Trinajstić information content (AvgIpc) is 2.59. The van der Waals surface area contributed by atoms with Gasteiger partial charge in [0.05, 0.1) is 11.5 Å². The van der Waals surface area contributed by atoms with Crippen molar-refractivity contribution in [1.29, 1.82) is 0 Å². The Kier molecular flexibility index (Phi) is 4.88. The van der Waals surface area contributed by atoms with Crippen molar-refractivity contribution in [2.45, 2.75) is 44.6 Å². The Hall–Kier alpha value is -2.22. The Morgan fingerprint density at radius 1 is 1.15 bits per heavy atom. The lowest BCUT2D eigenvalue weighted by atomic mass is 10.1. The maximum atomic E-state index is 12.5. The molecule has 0 bridgehead atoms. The Morgan fingerprint density at radius 3 is 2.50 bits per heavy atom. The minimum atomic E-state index is -3.68. The maximum Gasteiger partial charge on any atom is 0.240 e. The highest BCUT2D eigenvalue weighted by atomic mass is 32.2. The number of Topliss-reactive ketones (excluding diaryl/α,β-unsaturated/α-hetero) is 1. The molecule has 0 atom stereocenters. The number of ether oxygens (including phenoxy) is 2. The summed E-state index contributed by atoms with van der Waals surface area (Å²) in [6, 6.07) is 11.6. The second kappa shape index (κ2) is 6.83. The van der Waals surface area contributed by atoms with Crippen LogP contribution in [0.5, 0.6) is 5.75 Å². The summed E-state index contributed by atoms with van der Waals surface area (Å²) in [5, 5.41) is 0. The summed E-state index contributed by atoms with van der Waals surface area (Å²) in [5.74, 6) is -0.128. The van der Waals surface area contributed by atoms with Crippen molar-refractivity contribution >= 4 is 15.8 Å². The third-order valence-electron chi connectivity index (χ3n) is 4.10. The number of carbonyl (C=O) groups excluding carboxylic acids is 1. The SMILES string of the molecule is CC(=O)c1ccc(CNS(=O)(=O)c2ccc3c(c2)COC(C)(C)O3)cc1. The minimum Gasteiger partial charge on any atom is -0.463 e. The Labute approximate surface area is 153 Å². The van der Waals surface area contributed by atoms with Crippen LogP contribution in [0.25, 0.3) is 0 Å². The first-order chi connectivity index (χ1) is 12.2. The van der Waals surface area contributed by atoms with E-state index in [-0.39, 0.29) is 23.8 Å². The molecule has 1 heterocycles. The quantitative estimate of drug-likeness (QED) is 0.813. The van der Waals surface area contributed by atoms with Gasteiger partial charge in [-0.25, -0.2) is 13.1 Å². The van der Waals surface area contributed by atoms with E-state index in [0.717, 1.165) is 5.56 Å². The number of hydrogen-bond acceptors (Lipinski definition) is 5. The van der Waals surface area contributed by atoms with Crippen LogP contribution < -0.4 is 9.46 Å². The molecule has 6 nitrogen and oxygen atoms in total. The second-order valence-electron chi connectivity index (χ2n) is 6.64. The molecule has 0 radical (unpaired) electrons. The van der Waals surface area contributed by atoms with Gasteiger partial charge in [-0.1, -0.05) is 24.3 Å². The Morgan fingerprint density at radius 2 is 1.85 bits per heavy atom. The average molecular weight is 375 g/mol. The summed E-state index contributed by atoms with van der Waals surface area (Å²) in [5.41, 5.74) is 2.05. The number of nitrogens with one attached hydrogen (secondary N) is 1. The monoisotopic (exact) mass is 375 g/mol. The summed E-state index contributed by atoms with van der Waals surface area (Å²) >= 11 is 0. The zero-order valence-corrected chi connectivity index (χ0v) is 15.7. The van der Waals surface area contributed by atoms with Crippen LogP contribution in [-0.2, 0) is 27.9 Å². The second-order valence-corrected chi connectivity index (χ2v) is 8.40. The first kappa shape index (κ1) is 18.6. The van der Waals surface area contributed by atoms with Crippen molar-refractivity contribution < 1.29 is 22.7 Å². The number of ketones is 1. The molecule has 0 fully saturated rings. The molecule has 0 aromatic heterocycles. The van der Waals surface area contributed by atoms with E-state index in [1.165, 1.54) is 13.0 Å². The van der Waals surface area contributed by atoms with E-state index in [0.29, 0.717) is 16.9 Å². The van der Waals surface area contributed by atoms with Gasteiger partial charge in [0.2, 0.25) is 15.8 Å². The van der Waals surface area contributed by atoms with Gasteiger partial charge in [-0.15, -0.1) is 0 Å². The molecule has 0 aliphatic carbocycles. The van der Waals surface area contributed by atoms with Crippen LogP contribution in [0.3, 0.4) is 0 Å². The Balaban J connectivity index is 1.73. The number of benzene rings is 2. The first-order valence-corrected chi connectivity index (χ1v) is 9.70. The van der Waals surface area contributed by atoms with Gasteiger partial charge in [0.1, 0.15) is 5.75 Å².